The van der Waals surface area contributed by atoms with Gasteiger partial charge in [0.1, 0.15) is 5.82 Å². The summed E-state index contributed by atoms with van der Waals surface area (Å²) in [6, 6.07) is 3.24. The molecule has 7 nitrogen and oxygen atoms in total. The van der Waals surface area contributed by atoms with E-state index in [0.29, 0.717) is 12.4 Å². The van der Waals surface area contributed by atoms with Crippen LogP contribution < -0.4 is 10.0 Å². The number of ether oxygens (including phenoxy) is 1. The normalized spacial score (nSPS) is 19.7. The van der Waals surface area contributed by atoms with Crippen LogP contribution in [0.1, 0.15) is 12.8 Å². The predicted octanol–water partition coefficient (Wildman–Crippen LogP) is 0.439. The number of aromatic nitrogens is 2. The maximum Gasteiger partial charge on any atom is 0.231 e. The van der Waals surface area contributed by atoms with Crippen LogP contribution in [0.5, 0.6) is 0 Å². The fourth-order valence-corrected chi connectivity index (χ4v) is 2.18. The smallest absolute Gasteiger partial charge is 0.231 e. The van der Waals surface area contributed by atoms with Gasteiger partial charge >= 0.3 is 0 Å². The highest BCUT2D eigenvalue weighted by molar-refractivity contribution is 7.92. The lowest BCUT2D eigenvalue weighted by molar-refractivity contribution is 0.120. The third kappa shape index (κ3) is 4.11. The lowest BCUT2D eigenvalue weighted by atomic mass is 10.2. The van der Waals surface area contributed by atoms with E-state index in [2.05, 4.69) is 20.2 Å². The summed E-state index contributed by atoms with van der Waals surface area (Å²) in [5.74, 6) is 0.810. The second-order valence-electron chi connectivity index (χ2n) is 4.19. The van der Waals surface area contributed by atoms with Gasteiger partial charge in [-0.15, -0.1) is 10.2 Å². The molecule has 2 heterocycles. The van der Waals surface area contributed by atoms with E-state index in [-0.39, 0.29) is 11.9 Å². The minimum Gasteiger partial charge on any atom is -0.376 e. The first-order valence-corrected chi connectivity index (χ1v) is 7.59. The van der Waals surface area contributed by atoms with Crippen LogP contribution in [0.3, 0.4) is 0 Å². The molecule has 0 aromatic carbocycles. The van der Waals surface area contributed by atoms with Crippen molar-refractivity contribution in [1.82, 2.24) is 10.2 Å². The summed E-state index contributed by atoms with van der Waals surface area (Å²) in [6.45, 7) is 1.50. The van der Waals surface area contributed by atoms with Gasteiger partial charge in [-0.05, 0) is 25.0 Å². The molecule has 1 unspecified atom stereocenters. The fourth-order valence-electron chi connectivity index (χ4n) is 1.69. The molecule has 8 heteroatoms. The van der Waals surface area contributed by atoms with Gasteiger partial charge in [0.2, 0.25) is 10.0 Å². The molecular weight excluding hydrogens is 256 g/mol. The first kappa shape index (κ1) is 13.0. The number of nitrogens with zero attached hydrogens (tertiary/aromatic N) is 2. The van der Waals surface area contributed by atoms with Gasteiger partial charge < -0.3 is 10.1 Å². The molecule has 0 radical (unpaired) electrons. The summed E-state index contributed by atoms with van der Waals surface area (Å²) in [6.07, 6.45) is 3.43. The largest absolute Gasteiger partial charge is 0.376 e. The summed E-state index contributed by atoms with van der Waals surface area (Å²) < 4.78 is 29.7. The van der Waals surface area contributed by atoms with Crippen molar-refractivity contribution in [2.24, 2.45) is 0 Å². The van der Waals surface area contributed by atoms with Gasteiger partial charge in [-0.1, -0.05) is 0 Å². The van der Waals surface area contributed by atoms with E-state index in [0.717, 1.165) is 25.7 Å². The van der Waals surface area contributed by atoms with Gasteiger partial charge in [-0.25, -0.2) is 8.42 Å². The van der Waals surface area contributed by atoms with Crippen molar-refractivity contribution in [2.45, 2.75) is 18.9 Å². The minimum atomic E-state index is -3.31. The average molecular weight is 272 g/mol. The van der Waals surface area contributed by atoms with Crippen LogP contribution in [0, 0.1) is 0 Å². The Labute approximate surface area is 106 Å². The zero-order valence-corrected chi connectivity index (χ0v) is 10.9. The highest BCUT2D eigenvalue weighted by Gasteiger charge is 2.15. The summed E-state index contributed by atoms with van der Waals surface area (Å²) in [5.41, 5.74) is 0. The highest BCUT2D eigenvalue weighted by Crippen LogP contribution is 2.13. The SMILES string of the molecule is CS(=O)(=O)Nc1ccc(NCC2CCCO2)nn1. The van der Waals surface area contributed by atoms with Crippen LogP contribution in [0.15, 0.2) is 12.1 Å². The number of anilines is 2. The van der Waals surface area contributed by atoms with Gasteiger partial charge in [-0.3, -0.25) is 4.72 Å². The van der Waals surface area contributed by atoms with Crippen molar-refractivity contribution in [1.29, 1.82) is 0 Å². The Balaban J connectivity index is 1.87. The quantitative estimate of drug-likeness (QED) is 0.808. The second-order valence-corrected chi connectivity index (χ2v) is 5.94. The van der Waals surface area contributed by atoms with Crippen LogP contribution in [0.4, 0.5) is 11.6 Å². The van der Waals surface area contributed by atoms with Gasteiger partial charge in [-0.2, -0.15) is 0 Å². The van der Waals surface area contributed by atoms with E-state index in [1.54, 1.807) is 12.1 Å². The minimum absolute atomic E-state index is 0.208. The average Bonchev–Trinajstić information content (AvgIpc) is 2.79. The summed E-state index contributed by atoms with van der Waals surface area (Å²) in [7, 11) is -3.31. The van der Waals surface area contributed by atoms with Gasteiger partial charge in [0, 0.05) is 13.2 Å². The van der Waals surface area contributed by atoms with Crippen molar-refractivity contribution in [3.8, 4) is 0 Å². The monoisotopic (exact) mass is 272 g/mol. The zero-order valence-electron chi connectivity index (χ0n) is 10.1. The maximum atomic E-state index is 11.0. The van der Waals surface area contributed by atoms with Gasteiger partial charge in [0.15, 0.2) is 5.82 Å². The number of nitrogens with one attached hydrogen (secondary N) is 2. The van der Waals surface area contributed by atoms with Crippen molar-refractivity contribution >= 4 is 21.7 Å². The zero-order chi connectivity index (χ0) is 13.0. The molecule has 1 fully saturated rings. The molecule has 0 spiro atoms. The van der Waals surface area contributed by atoms with Crippen LogP contribution in [0.2, 0.25) is 0 Å². The second kappa shape index (κ2) is 5.49. The Kier molecular flexibility index (Phi) is 3.97. The van der Waals surface area contributed by atoms with Crippen LogP contribution >= 0.6 is 0 Å². The molecular formula is C10H16N4O3S. The molecule has 0 bridgehead atoms. The summed E-state index contributed by atoms with van der Waals surface area (Å²) in [4.78, 5) is 0. The molecule has 1 aromatic heterocycles. The van der Waals surface area contributed by atoms with E-state index < -0.39 is 10.0 Å². The van der Waals surface area contributed by atoms with Crippen LogP contribution in [-0.4, -0.2) is 44.1 Å². The number of hydrogen-bond acceptors (Lipinski definition) is 6. The molecule has 1 aromatic rings. The third-order valence-corrected chi connectivity index (χ3v) is 3.07. The molecule has 1 aliphatic rings. The van der Waals surface area contributed by atoms with E-state index >= 15 is 0 Å². The van der Waals surface area contributed by atoms with Crippen molar-refractivity contribution in [2.75, 3.05) is 29.4 Å². The molecule has 100 valence electrons. The Hall–Kier alpha value is -1.41. The molecule has 18 heavy (non-hydrogen) atoms. The number of sulfonamides is 1. The fraction of sp³-hybridized carbons (Fsp3) is 0.600. The first-order valence-electron chi connectivity index (χ1n) is 5.70. The summed E-state index contributed by atoms with van der Waals surface area (Å²) in [5, 5.41) is 10.7. The third-order valence-electron chi connectivity index (χ3n) is 2.49. The Morgan fingerprint density at radius 2 is 2.11 bits per heavy atom. The Morgan fingerprint density at radius 3 is 2.67 bits per heavy atom. The standard InChI is InChI=1S/C10H16N4O3S/c1-18(15,16)14-10-5-4-9(12-13-10)11-7-8-3-2-6-17-8/h4-5,8H,2-3,6-7H2,1H3,(H,11,12)(H,13,14). The molecule has 2 N–H and O–H groups in total. The van der Waals surface area contributed by atoms with Crippen molar-refractivity contribution in [3.05, 3.63) is 12.1 Å². The molecule has 0 saturated carbocycles. The van der Waals surface area contributed by atoms with E-state index in [9.17, 15) is 8.42 Å². The number of hydrogen-bond donors (Lipinski definition) is 2. The predicted molar refractivity (Wildman–Crippen MR) is 68.0 cm³/mol. The Bertz CT molecular complexity index is 482. The molecule has 1 atom stereocenters. The van der Waals surface area contributed by atoms with Crippen molar-refractivity contribution < 1.29 is 13.2 Å². The molecule has 2 rings (SSSR count). The number of rotatable bonds is 5. The van der Waals surface area contributed by atoms with E-state index in [1.807, 2.05) is 0 Å². The molecule has 0 amide bonds. The highest BCUT2D eigenvalue weighted by atomic mass is 32.2. The van der Waals surface area contributed by atoms with Gasteiger partial charge in [0.05, 0.1) is 12.4 Å². The molecule has 1 aliphatic heterocycles. The molecule has 1 saturated heterocycles. The summed E-state index contributed by atoms with van der Waals surface area (Å²) >= 11 is 0. The lowest BCUT2D eigenvalue weighted by Gasteiger charge is -2.10. The van der Waals surface area contributed by atoms with Crippen LogP contribution in [0.25, 0.3) is 0 Å². The lowest BCUT2D eigenvalue weighted by Crippen LogP contribution is -2.19. The van der Waals surface area contributed by atoms with E-state index in [4.69, 9.17) is 4.74 Å². The van der Waals surface area contributed by atoms with Crippen LogP contribution in [-0.2, 0) is 14.8 Å². The topological polar surface area (TPSA) is 93.2 Å². The van der Waals surface area contributed by atoms with E-state index in [1.165, 1.54) is 0 Å². The van der Waals surface area contributed by atoms with Gasteiger partial charge in [0.25, 0.3) is 0 Å². The Morgan fingerprint density at radius 1 is 1.39 bits per heavy atom. The molecule has 0 aliphatic carbocycles. The van der Waals surface area contributed by atoms with Crippen molar-refractivity contribution in [3.63, 3.8) is 0 Å². The first-order chi connectivity index (χ1) is 8.53. The maximum absolute atomic E-state index is 11.0.